The zero-order valence-corrected chi connectivity index (χ0v) is 14.1. The van der Waals surface area contributed by atoms with Crippen molar-refractivity contribution < 1.29 is 4.79 Å². The molecule has 0 bridgehead atoms. The monoisotopic (exact) mass is 310 g/mol. The van der Waals surface area contributed by atoms with Gasteiger partial charge in [0, 0.05) is 32.1 Å². The second kappa shape index (κ2) is 7.14. The molecule has 1 fully saturated rings. The highest BCUT2D eigenvalue weighted by Crippen LogP contribution is 2.19. The summed E-state index contributed by atoms with van der Waals surface area (Å²) in [5, 5.41) is 6.27. The van der Waals surface area contributed by atoms with Crippen molar-refractivity contribution in [2.24, 2.45) is 5.92 Å². The summed E-state index contributed by atoms with van der Waals surface area (Å²) in [6, 6.07) is 15.6. The summed E-state index contributed by atoms with van der Waals surface area (Å²) < 4.78 is 0. The van der Waals surface area contributed by atoms with Gasteiger partial charge in [0.05, 0.1) is 0 Å². The highest BCUT2D eigenvalue weighted by molar-refractivity contribution is 5.83. The van der Waals surface area contributed by atoms with Crippen LogP contribution < -0.4 is 5.32 Å². The van der Waals surface area contributed by atoms with Crippen molar-refractivity contribution >= 4 is 16.7 Å². The van der Waals surface area contributed by atoms with E-state index in [2.05, 4.69) is 54.7 Å². The average molecular weight is 310 g/mol. The Morgan fingerprint density at radius 2 is 2.00 bits per heavy atom. The van der Waals surface area contributed by atoms with Gasteiger partial charge in [-0.2, -0.15) is 0 Å². The molecule has 1 aliphatic heterocycles. The number of rotatable bonds is 4. The minimum atomic E-state index is 0.282. The number of hydrogen-bond acceptors (Lipinski definition) is 2. The van der Waals surface area contributed by atoms with E-state index < -0.39 is 0 Å². The van der Waals surface area contributed by atoms with Gasteiger partial charge in [-0.25, -0.2) is 0 Å². The van der Waals surface area contributed by atoms with Gasteiger partial charge >= 0.3 is 0 Å². The Morgan fingerprint density at radius 1 is 1.22 bits per heavy atom. The molecule has 3 nitrogen and oxygen atoms in total. The van der Waals surface area contributed by atoms with E-state index in [1.54, 1.807) is 0 Å². The number of fused-ring (bicyclic) bond motifs is 1. The molecule has 2 aromatic carbocycles. The van der Waals surface area contributed by atoms with E-state index >= 15 is 0 Å². The fraction of sp³-hybridized carbons (Fsp3) is 0.450. The first-order chi connectivity index (χ1) is 11.2. The van der Waals surface area contributed by atoms with Gasteiger partial charge in [-0.15, -0.1) is 0 Å². The largest absolute Gasteiger partial charge is 0.342 e. The van der Waals surface area contributed by atoms with Crippen LogP contribution in [0.5, 0.6) is 0 Å². The van der Waals surface area contributed by atoms with Gasteiger partial charge in [0.25, 0.3) is 0 Å². The van der Waals surface area contributed by atoms with Crippen molar-refractivity contribution in [3.05, 3.63) is 48.0 Å². The molecule has 2 aromatic rings. The minimum absolute atomic E-state index is 0.282. The molecule has 0 saturated carbocycles. The number of carbonyl (C=O) groups excluding carboxylic acids is 1. The average Bonchev–Trinajstić information content (AvgIpc) is 2.59. The van der Waals surface area contributed by atoms with Crippen LogP contribution in [0.3, 0.4) is 0 Å². The number of hydrogen-bond donors (Lipinski definition) is 1. The lowest BCUT2D eigenvalue weighted by Gasteiger charge is -2.37. The van der Waals surface area contributed by atoms with Gasteiger partial charge in [-0.3, -0.25) is 4.79 Å². The van der Waals surface area contributed by atoms with Crippen LogP contribution in [0.4, 0.5) is 0 Å². The summed E-state index contributed by atoms with van der Waals surface area (Å²) in [6.45, 7) is 6.83. The maximum Gasteiger partial charge on any atom is 0.222 e. The van der Waals surface area contributed by atoms with Crippen molar-refractivity contribution in [2.75, 3.05) is 13.1 Å². The molecular weight excluding hydrogens is 284 g/mol. The van der Waals surface area contributed by atoms with E-state index in [4.69, 9.17) is 0 Å². The number of amides is 1. The van der Waals surface area contributed by atoms with E-state index in [9.17, 15) is 4.79 Å². The van der Waals surface area contributed by atoms with E-state index in [0.29, 0.717) is 18.4 Å². The summed E-state index contributed by atoms with van der Waals surface area (Å²) in [6.07, 6.45) is 1.66. The number of benzene rings is 2. The second-order valence-corrected chi connectivity index (χ2v) is 6.63. The summed E-state index contributed by atoms with van der Waals surface area (Å²) in [7, 11) is 0. The first-order valence-corrected chi connectivity index (χ1v) is 8.66. The maximum absolute atomic E-state index is 11.8. The van der Waals surface area contributed by atoms with E-state index in [0.717, 1.165) is 26.1 Å². The van der Waals surface area contributed by atoms with Crippen LogP contribution in [0.2, 0.25) is 0 Å². The Kier molecular flexibility index (Phi) is 4.97. The molecule has 0 unspecified atom stereocenters. The standard InChI is InChI=1S/C20H26N2O/c1-3-20(23)22-11-10-19(15(2)14-22)21-13-16-8-9-17-6-4-5-7-18(17)12-16/h4-9,12,15,19,21H,3,10-11,13-14H2,1-2H3/t15-,19+/m0/s1. The predicted molar refractivity (Wildman–Crippen MR) is 95.2 cm³/mol. The van der Waals surface area contributed by atoms with Gasteiger partial charge in [0.15, 0.2) is 0 Å². The van der Waals surface area contributed by atoms with Crippen molar-refractivity contribution in [3.63, 3.8) is 0 Å². The van der Waals surface area contributed by atoms with Crippen LogP contribution in [-0.4, -0.2) is 29.9 Å². The molecule has 122 valence electrons. The number of likely N-dealkylation sites (tertiary alicyclic amines) is 1. The fourth-order valence-corrected chi connectivity index (χ4v) is 3.50. The van der Waals surface area contributed by atoms with Gasteiger partial charge in [0.1, 0.15) is 0 Å². The van der Waals surface area contributed by atoms with Gasteiger partial charge in [0.2, 0.25) is 5.91 Å². The highest BCUT2D eigenvalue weighted by atomic mass is 16.2. The molecule has 1 aliphatic rings. The molecule has 0 aromatic heterocycles. The Morgan fingerprint density at radius 3 is 2.74 bits per heavy atom. The van der Waals surface area contributed by atoms with Crippen molar-refractivity contribution in [2.45, 2.75) is 39.3 Å². The zero-order valence-electron chi connectivity index (χ0n) is 14.1. The lowest BCUT2D eigenvalue weighted by atomic mass is 9.93. The normalized spacial score (nSPS) is 21.6. The first-order valence-electron chi connectivity index (χ1n) is 8.66. The molecule has 3 rings (SSSR count). The Balaban J connectivity index is 1.58. The van der Waals surface area contributed by atoms with Gasteiger partial charge in [-0.05, 0) is 34.7 Å². The van der Waals surface area contributed by atoms with E-state index in [1.807, 2.05) is 11.8 Å². The molecule has 1 saturated heterocycles. The summed E-state index contributed by atoms with van der Waals surface area (Å²) >= 11 is 0. The smallest absolute Gasteiger partial charge is 0.222 e. The molecule has 0 spiro atoms. The number of nitrogens with one attached hydrogen (secondary N) is 1. The van der Waals surface area contributed by atoms with Crippen LogP contribution >= 0.6 is 0 Å². The predicted octanol–water partition coefficient (Wildman–Crippen LogP) is 3.58. The lowest BCUT2D eigenvalue weighted by molar-refractivity contribution is -0.132. The molecule has 1 N–H and O–H groups in total. The SMILES string of the molecule is CCC(=O)N1CC[C@@H](NCc2ccc3ccccc3c2)[C@@H](C)C1. The third-order valence-electron chi connectivity index (χ3n) is 4.94. The summed E-state index contributed by atoms with van der Waals surface area (Å²) in [5.74, 6) is 0.782. The fourth-order valence-electron chi connectivity index (χ4n) is 3.50. The lowest BCUT2D eigenvalue weighted by Crippen LogP contribution is -2.49. The molecule has 3 heteroatoms. The Hall–Kier alpha value is -1.87. The van der Waals surface area contributed by atoms with Crippen LogP contribution in [0.25, 0.3) is 10.8 Å². The second-order valence-electron chi connectivity index (χ2n) is 6.63. The molecule has 0 radical (unpaired) electrons. The van der Waals surface area contributed by atoms with E-state index in [1.165, 1.54) is 16.3 Å². The van der Waals surface area contributed by atoms with Crippen LogP contribution in [-0.2, 0) is 11.3 Å². The minimum Gasteiger partial charge on any atom is -0.342 e. The Labute approximate surface area is 138 Å². The van der Waals surface area contributed by atoms with Crippen LogP contribution in [0.15, 0.2) is 42.5 Å². The molecular formula is C20H26N2O. The van der Waals surface area contributed by atoms with Crippen molar-refractivity contribution in [1.82, 2.24) is 10.2 Å². The number of piperidine rings is 1. The maximum atomic E-state index is 11.8. The van der Waals surface area contributed by atoms with Crippen LogP contribution in [0.1, 0.15) is 32.3 Å². The van der Waals surface area contributed by atoms with Gasteiger partial charge in [-0.1, -0.05) is 50.2 Å². The number of nitrogens with zero attached hydrogens (tertiary/aromatic N) is 1. The van der Waals surface area contributed by atoms with E-state index in [-0.39, 0.29) is 5.91 Å². The first kappa shape index (κ1) is 16.0. The third kappa shape index (κ3) is 3.73. The quantitative estimate of drug-likeness (QED) is 0.936. The summed E-state index contributed by atoms with van der Waals surface area (Å²) in [4.78, 5) is 13.8. The zero-order chi connectivity index (χ0) is 16.2. The van der Waals surface area contributed by atoms with Crippen molar-refractivity contribution in [3.8, 4) is 0 Å². The topological polar surface area (TPSA) is 32.3 Å². The molecule has 1 heterocycles. The van der Waals surface area contributed by atoms with Gasteiger partial charge < -0.3 is 10.2 Å². The molecule has 2 atom stereocenters. The molecule has 23 heavy (non-hydrogen) atoms. The summed E-state index contributed by atoms with van der Waals surface area (Å²) in [5.41, 5.74) is 1.32. The van der Waals surface area contributed by atoms with Crippen molar-refractivity contribution in [1.29, 1.82) is 0 Å². The number of carbonyl (C=O) groups is 1. The Bertz CT molecular complexity index is 682. The third-order valence-corrected chi connectivity index (χ3v) is 4.94. The highest BCUT2D eigenvalue weighted by Gasteiger charge is 2.27. The van der Waals surface area contributed by atoms with Crippen LogP contribution in [0, 0.1) is 5.92 Å². The molecule has 1 amide bonds. The molecule has 0 aliphatic carbocycles.